The summed E-state index contributed by atoms with van der Waals surface area (Å²) in [5.74, 6) is 6.22. The van der Waals surface area contributed by atoms with Gasteiger partial charge < -0.3 is 4.74 Å². The largest absolute Gasteiger partial charge is 0.463 e. The van der Waals surface area contributed by atoms with E-state index in [0.29, 0.717) is 10.8 Å². The number of hydrogen-bond donors (Lipinski definition) is 0. The first-order chi connectivity index (χ1) is 14.6. The van der Waals surface area contributed by atoms with E-state index in [9.17, 15) is 4.79 Å². The Bertz CT molecular complexity index is 641. The predicted octanol–water partition coefficient (Wildman–Crippen LogP) is 8.04. The summed E-state index contributed by atoms with van der Waals surface area (Å²) in [6.45, 7) is 14.2. The van der Waals surface area contributed by atoms with Crippen LogP contribution in [0.15, 0.2) is 0 Å². The normalized spacial score (nSPS) is 45.5. The molecular formula is C29H50O2. The van der Waals surface area contributed by atoms with Crippen molar-refractivity contribution in [3.63, 3.8) is 0 Å². The second-order valence-corrected chi connectivity index (χ2v) is 13.2. The molecule has 0 heterocycles. The van der Waals surface area contributed by atoms with Crippen molar-refractivity contribution in [3.8, 4) is 0 Å². The Hall–Kier alpha value is -0.530. The minimum atomic E-state index is -0.0877. The molecule has 0 aromatic rings. The van der Waals surface area contributed by atoms with Crippen molar-refractivity contribution in [2.24, 2.45) is 52.3 Å². The number of carbonyl (C=O) groups is 1. The Morgan fingerprint density at radius 3 is 2.32 bits per heavy atom. The van der Waals surface area contributed by atoms with Gasteiger partial charge in [0.15, 0.2) is 0 Å². The maximum absolute atomic E-state index is 11.5. The third kappa shape index (κ3) is 4.35. The highest BCUT2D eigenvalue weighted by molar-refractivity contribution is 5.66. The van der Waals surface area contributed by atoms with Crippen LogP contribution < -0.4 is 0 Å². The van der Waals surface area contributed by atoms with Gasteiger partial charge in [0.2, 0.25) is 0 Å². The van der Waals surface area contributed by atoms with Crippen molar-refractivity contribution in [2.45, 2.75) is 125 Å². The van der Waals surface area contributed by atoms with Crippen LogP contribution in [-0.4, -0.2) is 12.1 Å². The van der Waals surface area contributed by atoms with Crippen LogP contribution in [0.1, 0.15) is 119 Å². The molecule has 4 saturated carbocycles. The standard InChI is InChI=1S/C29H50O2/c1-19(2)8-7-9-20(3)25-12-13-26-24-11-10-22-18-23(31-21(4)30)14-16-28(22,5)27(24)15-17-29(25,26)6/h19-20,22-27H,7-18H2,1-6H3/t20-,22+,23+,24-,25?,26+,27?,28?,29?/m1/s1. The molecule has 4 aliphatic carbocycles. The number of rotatable bonds is 6. The summed E-state index contributed by atoms with van der Waals surface area (Å²) in [7, 11) is 0. The molecule has 4 rings (SSSR count). The smallest absolute Gasteiger partial charge is 0.302 e. The third-order valence-electron chi connectivity index (χ3n) is 11.2. The first-order valence-corrected chi connectivity index (χ1v) is 13.8. The van der Waals surface area contributed by atoms with Crippen LogP contribution >= 0.6 is 0 Å². The van der Waals surface area contributed by atoms with E-state index < -0.39 is 0 Å². The van der Waals surface area contributed by atoms with Gasteiger partial charge in [-0.15, -0.1) is 0 Å². The van der Waals surface area contributed by atoms with Gasteiger partial charge in [0.25, 0.3) is 0 Å². The molecule has 0 saturated heterocycles. The van der Waals surface area contributed by atoms with E-state index in [4.69, 9.17) is 4.74 Å². The Labute approximate surface area is 192 Å². The summed E-state index contributed by atoms with van der Waals surface area (Å²) < 4.78 is 5.65. The number of carbonyl (C=O) groups excluding carboxylic acids is 1. The summed E-state index contributed by atoms with van der Waals surface area (Å²) in [6.07, 6.45) is 16.6. The Kier molecular flexibility index (Phi) is 6.87. The maximum Gasteiger partial charge on any atom is 0.302 e. The van der Waals surface area contributed by atoms with Crippen LogP contribution in [0.25, 0.3) is 0 Å². The van der Waals surface area contributed by atoms with Crippen LogP contribution in [0.4, 0.5) is 0 Å². The molecule has 4 aliphatic rings. The Morgan fingerprint density at radius 2 is 1.61 bits per heavy atom. The minimum Gasteiger partial charge on any atom is -0.463 e. The molecule has 0 radical (unpaired) electrons. The van der Waals surface area contributed by atoms with Gasteiger partial charge in [-0.3, -0.25) is 4.79 Å². The van der Waals surface area contributed by atoms with Crippen LogP contribution in [0.2, 0.25) is 0 Å². The molecule has 0 N–H and O–H groups in total. The lowest BCUT2D eigenvalue weighted by molar-refractivity contribution is -0.160. The van der Waals surface area contributed by atoms with Crippen molar-refractivity contribution in [3.05, 3.63) is 0 Å². The second-order valence-electron chi connectivity index (χ2n) is 13.2. The number of hydrogen-bond acceptors (Lipinski definition) is 2. The second kappa shape index (κ2) is 9.02. The first-order valence-electron chi connectivity index (χ1n) is 13.8. The van der Waals surface area contributed by atoms with Crippen LogP contribution in [0.5, 0.6) is 0 Å². The Morgan fingerprint density at radius 1 is 0.903 bits per heavy atom. The molecule has 31 heavy (non-hydrogen) atoms. The monoisotopic (exact) mass is 430 g/mol. The van der Waals surface area contributed by atoms with E-state index >= 15 is 0 Å². The zero-order valence-electron chi connectivity index (χ0n) is 21.4. The van der Waals surface area contributed by atoms with Gasteiger partial charge >= 0.3 is 5.97 Å². The molecule has 0 amide bonds. The minimum absolute atomic E-state index is 0.0877. The highest BCUT2D eigenvalue weighted by Gasteiger charge is 2.60. The van der Waals surface area contributed by atoms with Crippen LogP contribution in [0, 0.1) is 52.3 Å². The molecule has 4 unspecified atom stereocenters. The van der Waals surface area contributed by atoms with E-state index in [1.807, 2.05) is 0 Å². The van der Waals surface area contributed by atoms with Gasteiger partial charge in [-0.05, 0) is 110 Å². The average Bonchev–Trinajstić information content (AvgIpc) is 3.05. The molecule has 2 nitrogen and oxygen atoms in total. The molecular weight excluding hydrogens is 380 g/mol. The van der Waals surface area contributed by atoms with Gasteiger partial charge in [0.1, 0.15) is 6.10 Å². The Balaban J connectivity index is 1.43. The number of fused-ring (bicyclic) bond motifs is 5. The summed E-state index contributed by atoms with van der Waals surface area (Å²) in [6, 6.07) is 0. The van der Waals surface area contributed by atoms with E-state index in [1.165, 1.54) is 64.2 Å². The fourth-order valence-electron chi connectivity index (χ4n) is 9.59. The van der Waals surface area contributed by atoms with Gasteiger partial charge in [0, 0.05) is 6.92 Å². The predicted molar refractivity (Wildman–Crippen MR) is 129 cm³/mol. The summed E-state index contributed by atoms with van der Waals surface area (Å²) in [5.41, 5.74) is 1.08. The van der Waals surface area contributed by atoms with Crippen molar-refractivity contribution >= 4 is 5.97 Å². The van der Waals surface area contributed by atoms with E-state index in [1.54, 1.807) is 6.92 Å². The van der Waals surface area contributed by atoms with E-state index in [2.05, 4.69) is 34.6 Å². The molecule has 0 spiro atoms. The SMILES string of the molecule is CC(=O)O[C@H]1CCC2(C)C3CCC4(C)C([C@H](C)CCCC(C)C)CC[C@H]4[C@H]3CC[C@H]2C1. The summed E-state index contributed by atoms with van der Waals surface area (Å²) in [5, 5.41) is 0. The molecule has 4 fully saturated rings. The molecule has 9 atom stereocenters. The van der Waals surface area contributed by atoms with Crippen LogP contribution in [-0.2, 0) is 9.53 Å². The molecule has 2 heteroatoms. The van der Waals surface area contributed by atoms with Crippen molar-refractivity contribution in [2.75, 3.05) is 0 Å². The highest BCUT2D eigenvalue weighted by Crippen LogP contribution is 2.68. The average molecular weight is 431 g/mol. The summed E-state index contributed by atoms with van der Waals surface area (Å²) in [4.78, 5) is 11.5. The fourth-order valence-corrected chi connectivity index (χ4v) is 9.59. The summed E-state index contributed by atoms with van der Waals surface area (Å²) >= 11 is 0. The molecule has 178 valence electrons. The topological polar surface area (TPSA) is 26.3 Å². The van der Waals surface area contributed by atoms with E-state index in [0.717, 1.165) is 54.3 Å². The lowest BCUT2D eigenvalue weighted by Crippen LogP contribution is -2.54. The van der Waals surface area contributed by atoms with Crippen LogP contribution in [0.3, 0.4) is 0 Å². The lowest BCUT2D eigenvalue weighted by Gasteiger charge is -2.61. The van der Waals surface area contributed by atoms with Gasteiger partial charge in [0.05, 0.1) is 0 Å². The molecule has 0 aromatic heterocycles. The highest BCUT2D eigenvalue weighted by atomic mass is 16.5. The number of ether oxygens (including phenoxy) is 1. The number of esters is 1. The quantitative estimate of drug-likeness (QED) is 0.398. The van der Waals surface area contributed by atoms with Crippen molar-refractivity contribution in [1.29, 1.82) is 0 Å². The van der Waals surface area contributed by atoms with Gasteiger partial charge in [-0.1, -0.05) is 53.9 Å². The van der Waals surface area contributed by atoms with E-state index in [-0.39, 0.29) is 12.1 Å². The maximum atomic E-state index is 11.5. The van der Waals surface area contributed by atoms with Gasteiger partial charge in [-0.25, -0.2) is 0 Å². The van der Waals surface area contributed by atoms with Gasteiger partial charge in [-0.2, -0.15) is 0 Å². The van der Waals surface area contributed by atoms with Crippen molar-refractivity contribution < 1.29 is 9.53 Å². The lowest BCUT2D eigenvalue weighted by atomic mass is 9.44. The van der Waals surface area contributed by atoms with Crippen molar-refractivity contribution in [1.82, 2.24) is 0 Å². The first kappa shape index (κ1) is 23.6. The fraction of sp³-hybridized carbons (Fsp3) is 0.966. The molecule has 0 aliphatic heterocycles. The third-order valence-corrected chi connectivity index (χ3v) is 11.2. The zero-order valence-corrected chi connectivity index (χ0v) is 21.4. The molecule has 0 aromatic carbocycles. The zero-order chi connectivity index (χ0) is 22.4. The molecule has 0 bridgehead atoms.